The highest BCUT2D eigenvalue weighted by atomic mass is 79.9. The van der Waals surface area contributed by atoms with Gasteiger partial charge in [-0.25, -0.2) is 9.82 Å². The Bertz CT molecular complexity index is 545. The monoisotopic (exact) mass is 313 g/mol. The zero-order valence-corrected chi connectivity index (χ0v) is 10.8. The van der Waals surface area contributed by atoms with Gasteiger partial charge in [-0.05, 0) is 34.1 Å². The van der Waals surface area contributed by atoms with Gasteiger partial charge in [0, 0.05) is 17.3 Å². The Morgan fingerprint density at radius 2 is 2.22 bits per heavy atom. The zero-order chi connectivity index (χ0) is 13.1. The Kier molecular flexibility index (Phi) is 3.71. The highest BCUT2D eigenvalue weighted by Gasteiger charge is 2.18. The van der Waals surface area contributed by atoms with Crippen LogP contribution in [-0.2, 0) is 9.59 Å². The molecule has 0 fully saturated rings. The minimum atomic E-state index is -0.415. The van der Waals surface area contributed by atoms with Crippen molar-refractivity contribution >= 4 is 39.1 Å². The lowest BCUT2D eigenvalue weighted by Crippen LogP contribution is -2.32. The maximum absolute atomic E-state index is 12.9. The number of nitrogens with one attached hydrogen (secondary N) is 2. The number of benzene rings is 1. The molecular formula is C11H9BrFN3O2. The predicted molar refractivity (Wildman–Crippen MR) is 67.5 cm³/mol. The van der Waals surface area contributed by atoms with Gasteiger partial charge in [0.05, 0.1) is 5.69 Å². The van der Waals surface area contributed by atoms with Crippen molar-refractivity contribution < 1.29 is 14.0 Å². The van der Waals surface area contributed by atoms with E-state index in [1.54, 1.807) is 0 Å². The molecule has 1 aromatic carbocycles. The molecule has 1 aromatic rings. The molecular weight excluding hydrogens is 305 g/mol. The van der Waals surface area contributed by atoms with Gasteiger partial charge in [-0.2, -0.15) is 5.10 Å². The highest BCUT2D eigenvalue weighted by molar-refractivity contribution is 9.10. The average Bonchev–Trinajstić information content (AvgIpc) is 2.33. The Morgan fingerprint density at radius 3 is 2.83 bits per heavy atom. The average molecular weight is 314 g/mol. The first-order chi connectivity index (χ1) is 8.56. The van der Waals surface area contributed by atoms with Gasteiger partial charge in [-0.3, -0.25) is 9.59 Å². The van der Waals surface area contributed by atoms with Crippen molar-refractivity contribution in [2.45, 2.75) is 12.8 Å². The molecule has 7 heteroatoms. The van der Waals surface area contributed by atoms with Gasteiger partial charge in [0.1, 0.15) is 11.5 Å². The van der Waals surface area contributed by atoms with Crippen LogP contribution >= 0.6 is 15.9 Å². The number of amides is 2. The lowest BCUT2D eigenvalue weighted by molar-refractivity contribution is -0.121. The fourth-order valence-corrected chi connectivity index (χ4v) is 1.87. The molecule has 0 aromatic heterocycles. The van der Waals surface area contributed by atoms with Crippen molar-refractivity contribution in [1.82, 2.24) is 5.43 Å². The maximum Gasteiger partial charge on any atom is 0.271 e. The molecule has 1 heterocycles. The van der Waals surface area contributed by atoms with E-state index in [0.717, 1.165) is 0 Å². The van der Waals surface area contributed by atoms with Crippen LogP contribution < -0.4 is 10.7 Å². The fraction of sp³-hybridized carbons (Fsp3) is 0.182. The molecule has 1 aliphatic rings. The third kappa shape index (κ3) is 2.92. The Morgan fingerprint density at radius 1 is 1.44 bits per heavy atom. The van der Waals surface area contributed by atoms with E-state index in [4.69, 9.17) is 0 Å². The smallest absolute Gasteiger partial charge is 0.271 e. The van der Waals surface area contributed by atoms with Crippen molar-refractivity contribution in [3.8, 4) is 0 Å². The second kappa shape index (κ2) is 5.26. The number of hydrazone groups is 1. The summed E-state index contributed by atoms with van der Waals surface area (Å²) in [7, 11) is 0. The first-order valence-electron chi connectivity index (χ1n) is 5.18. The molecule has 18 heavy (non-hydrogen) atoms. The summed E-state index contributed by atoms with van der Waals surface area (Å²) in [5.74, 6) is -1.03. The molecule has 94 valence electrons. The number of anilines is 1. The topological polar surface area (TPSA) is 70.6 Å². The van der Waals surface area contributed by atoms with Crippen LogP contribution in [0.5, 0.6) is 0 Å². The molecule has 0 saturated carbocycles. The van der Waals surface area contributed by atoms with E-state index < -0.39 is 11.7 Å². The molecule has 0 aliphatic carbocycles. The Balaban J connectivity index is 2.09. The zero-order valence-electron chi connectivity index (χ0n) is 9.17. The van der Waals surface area contributed by atoms with E-state index in [-0.39, 0.29) is 24.5 Å². The molecule has 2 rings (SSSR count). The Labute approximate surface area is 111 Å². The second-order valence-electron chi connectivity index (χ2n) is 3.67. The molecule has 0 radical (unpaired) electrons. The van der Waals surface area contributed by atoms with E-state index in [0.29, 0.717) is 10.2 Å². The standard InChI is InChI=1S/C11H9BrFN3O2/c12-7-5-6(13)1-2-8(7)14-11(18)9-3-4-10(17)16-15-9/h1-2,5H,3-4H2,(H,14,18)(H,16,17). The number of hydrogen-bond acceptors (Lipinski definition) is 3. The molecule has 2 amide bonds. The summed E-state index contributed by atoms with van der Waals surface area (Å²) in [5, 5.41) is 6.26. The first-order valence-corrected chi connectivity index (χ1v) is 5.97. The summed E-state index contributed by atoms with van der Waals surface area (Å²) in [6.45, 7) is 0. The van der Waals surface area contributed by atoms with Gasteiger partial charge in [0.15, 0.2) is 0 Å². The molecule has 0 bridgehead atoms. The third-order valence-corrected chi connectivity index (χ3v) is 3.00. The largest absolute Gasteiger partial charge is 0.320 e. The molecule has 2 N–H and O–H groups in total. The van der Waals surface area contributed by atoms with Gasteiger partial charge in [-0.15, -0.1) is 0 Å². The lowest BCUT2D eigenvalue weighted by Gasteiger charge is -2.12. The van der Waals surface area contributed by atoms with E-state index >= 15 is 0 Å². The predicted octanol–water partition coefficient (Wildman–Crippen LogP) is 1.79. The van der Waals surface area contributed by atoms with E-state index in [1.165, 1.54) is 18.2 Å². The number of halogens is 2. The van der Waals surface area contributed by atoms with Crippen LogP contribution in [0.3, 0.4) is 0 Å². The normalized spacial score (nSPS) is 14.8. The molecule has 0 atom stereocenters. The van der Waals surface area contributed by atoms with Crippen LogP contribution in [0, 0.1) is 5.82 Å². The highest BCUT2D eigenvalue weighted by Crippen LogP contribution is 2.23. The van der Waals surface area contributed by atoms with Crippen LogP contribution in [0.25, 0.3) is 0 Å². The summed E-state index contributed by atoms with van der Waals surface area (Å²) in [5.41, 5.74) is 2.93. The number of nitrogens with zero attached hydrogens (tertiary/aromatic N) is 1. The van der Waals surface area contributed by atoms with Crippen LogP contribution in [0.15, 0.2) is 27.8 Å². The minimum absolute atomic E-state index is 0.213. The summed E-state index contributed by atoms with van der Waals surface area (Å²) < 4.78 is 13.3. The van der Waals surface area contributed by atoms with Crippen molar-refractivity contribution in [2.24, 2.45) is 5.10 Å². The summed E-state index contributed by atoms with van der Waals surface area (Å²) in [6, 6.07) is 3.93. The van der Waals surface area contributed by atoms with Gasteiger partial charge in [0.2, 0.25) is 5.91 Å². The second-order valence-corrected chi connectivity index (χ2v) is 4.53. The molecule has 0 unspecified atom stereocenters. The van der Waals surface area contributed by atoms with Gasteiger partial charge in [-0.1, -0.05) is 0 Å². The number of rotatable bonds is 2. The van der Waals surface area contributed by atoms with E-state index in [1.807, 2.05) is 0 Å². The van der Waals surface area contributed by atoms with Crippen molar-refractivity contribution in [3.63, 3.8) is 0 Å². The third-order valence-electron chi connectivity index (χ3n) is 2.35. The SMILES string of the molecule is O=C1CCC(C(=O)Nc2ccc(F)cc2Br)=NN1. The number of carbonyl (C=O) groups is 2. The van der Waals surface area contributed by atoms with Gasteiger partial charge < -0.3 is 5.32 Å². The van der Waals surface area contributed by atoms with Gasteiger partial charge >= 0.3 is 0 Å². The summed E-state index contributed by atoms with van der Waals surface area (Å²) in [6.07, 6.45) is 0.521. The molecule has 0 saturated heterocycles. The Hall–Kier alpha value is -1.76. The fourth-order valence-electron chi connectivity index (χ4n) is 1.42. The van der Waals surface area contributed by atoms with Gasteiger partial charge in [0.25, 0.3) is 5.91 Å². The first kappa shape index (κ1) is 12.7. The van der Waals surface area contributed by atoms with E-state index in [2.05, 4.69) is 31.8 Å². The quantitative estimate of drug-likeness (QED) is 0.874. The molecule has 5 nitrogen and oxygen atoms in total. The van der Waals surface area contributed by atoms with Crippen molar-refractivity contribution in [1.29, 1.82) is 0 Å². The minimum Gasteiger partial charge on any atom is -0.320 e. The van der Waals surface area contributed by atoms with Crippen LogP contribution in [0.4, 0.5) is 10.1 Å². The van der Waals surface area contributed by atoms with E-state index in [9.17, 15) is 14.0 Å². The lowest BCUT2D eigenvalue weighted by atomic mass is 10.1. The number of hydrogen-bond donors (Lipinski definition) is 2. The van der Waals surface area contributed by atoms with Crippen molar-refractivity contribution in [2.75, 3.05) is 5.32 Å². The van der Waals surface area contributed by atoms with Crippen LogP contribution in [-0.4, -0.2) is 17.5 Å². The van der Waals surface area contributed by atoms with Crippen molar-refractivity contribution in [3.05, 3.63) is 28.5 Å². The summed E-state index contributed by atoms with van der Waals surface area (Å²) >= 11 is 3.14. The summed E-state index contributed by atoms with van der Waals surface area (Å²) in [4.78, 5) is 22.7. The molecule has 0 spiro atoms. The molecule has 1 aliphatic heterocycles. The maximum atomic E-state index is 12.9. The van der Waals surface area contributed by atoms with Crippen LogP contribution in [0.1, 0.15) is 12.8 Å². The number of carbonyl (C=O) groups excluding carboxylic acids is 2. The van der Waals surface area contributed by atoms with Crippen LogP contribution in [0.2, 0.25) is 0 Å².